The average molecular weight is 438 g/mol. The van der Waals surface area contributed by atoms with Gasteiger partial charge < -0.3 is 10.2 Å². The van der Waals surface area contributed by atoms with Crippen molar-refractivity contribution in [2.45, 2.75) is 63.5 Å². The van der Waals surface area contributed by atoms with Crippen molar-refractivity contribution in [1.29, 1.82) is 5.26 Å². The number of nitrogens with one attached hydrogen (secondary N) is 1. The second-order valence-electron chi connectivity index (χ2n) is 8.50. The van der Waals surface area contributed by atoms with E-state index >= 15 is 0 Å². The van der Waals surface area contributed by atoms with Crippen LogP contribution in [0.3, 0.4) is 0 Å². The number of aryl methyl sites for hydroxylation is 1. The minimum Gasteiger partial charge on any atom is -0.339 e. The first-order chi connectivity index (χ1) is 15.0. The molecule has 0 saturated heterocycles. The first-order valence-electron chi connectivity index (χ1n) is 11.2. The first-order valence-corrected chi connectivity index (χ1v) is 11.6. The van der Waals surface area contributed by atoms with E-state index in [0.717, 1.165) is 45.1 Å². The Morgan fingerprint density at radius 1 is 1.16 bits per heavy atom. The molecule has 4 nitrogen and oxygen atoms in total. The Bertz CT molecular complexity index is 911. The normalized spacial score (nSPS) is 18.4. The van der Waals surface area contributed by atoms with Crippen molar-refractivity contribution >= 4 is 17.5 Å². The van der Waals surface area contributed by atoms with Crippen LogP contribution in [0, 0.1) is 11.3 Å². The Hall–Kier alpha value is -2.35. The number of hydrogen-bond acceptors (Lipinski definition) is 3. The number of hydrogen-bond donors (Lipinski definition) is 1. The molecule has 1 aliphatic rings. The van der Waals surface area contributed by atoms with Gasteiger partial charge in [0.05, 0.1) is 6.07 Å². The molecule has 1 fully saturated rings. The largest absolute Gasteiger partial charge is 0.339 e. The molecular formula is C26H32ClN3O. The fraction of sp³-hybridized carbons (Fsp3) is 0.462. The number of carbonyl (C=O) groups excluding carboxylic acids is 1. The minimum absolute atomic E-state index is 0.0673. The zero-order valence-corrected chi connectivity index (χ0v) is 19.3. The van der Waals surface area contributed by atoms with E-state index in [2.05, 4.69) is 29.6 Å². The van der Waals surface area contributed by atoms with Crippen LogP contribution in [-0.4, -0.2) is 30.9 Å². The molecular weight excluding hydrogens is 406 g/mol. The van der Waals surface area contributed by atoms with Crippen molar-refractivity contribution in [1.82, 2.24) is 10.2 Å². The summed E-state index contributed by atoms with van der Waals surface area (Å²) < 4.78 is 0. The fourth-order valence-corrected chi connectivity index (χ4v) is 4.79. The van der Waals surface area contributed by atoms with Crippen molar-refractivity contribution in [2.75, 3.05) is 14.1 Å². The van der Waals surface area contributed by atoms with Gasteiger partial charge >= 0.3 is 0 Å². The van der Waals surface area contributed by atoms with Crippen molar-refractivity contribution in [3.63, 3.8) is 0 Å². The van der Waals surface area contributed by atoms with Crippen molar-refractivity contribution in [3.8, 4) is 6.07 Å². The summed E-state index contributed by atoms with van der Waals surface area (Å²) in [5.74, 6) is 0.601. The zero-order valence-electron chi connectivity index (χ0n) is 18.5. The Morgan fingerprint density at radius 3 is 2.52 bits per heavy atom. The number of unbranched alkanes of at least 4 members (excludes halogenated alkanes) is 1. The van der Waals surface area contributed by atoms with Crippen LogP contribution in [0.1, 0.15) is 71.5 Å². The SMILES string of the molecule is CNCc1cc(CCCC#N)ccc1[C@H]1CC[C@H](N(C)C(=O)c2ccc(Cl)cc2)CC1. The molecule has 164 valence electrons. The summed E-state index contributed by atoms with van der Waals surface area (Å²) in [6.45, 7) is 0.857. The van der Waals surface area contributed by atoms with Gasteiger partial charge in [-0.05, 0) is 92.4 Å². The van der Waals surface area contributed by atoms with E-state index in [9.17, 15) is 4.79 Å². The predicted octanol–water partition coefficient (Wildman–Crippen LogP) is 5.70. The molecule has 0 unspecified atom stereocenters. The van der Waals surface area contributed by atoms with Crippen LogP contribution >= 0.6 is 11.6 Å². The Balaban J connectivity index is 1.63. The van der Waals surface area contributed by atoms with Gasteiger partial charge in [0.25, 0.3) is 5.91 Å². The fourth-order valence-electron chi connectivity index (χ4n) is 4.66. The molecule has 3 rings (SSSR count). The van der Waals surface area contributed by atoms with Crippen LogP contribution in [0.2, 0.25) is 5.02 Å². The molecule has 0 aliphatic heterocycles. The Labute approximate surface area is 191 Å². The standard InChI is InChI=1S/C26H32ClN3O/c1-29-18-22-17-19(5-3-4-16-28)6-15-25(22)20-9-13-24(14-10-20)30(2)26(31)21-7-11-23(27)12-8-21/h6-8,11-12,15,17,20,24,29H,3-5,9-10,13-14,18H2,1-2H3/t20-,24-. The third kappa shape index (κ3) is 6.09. The summed E-state index contributed by atoms with van der Waals surface area (Å²) in [6.07, 6.45) is 6.69. The molecule has 0 bridgehead atoms. The maximum atomic E-state index is 12.8. The van der Waals surface area contributed by atoms with E-state index < -0.39 is 0 Å². The highest BCUT2D eigenvalue weighted by Crippen LogP contribution is 2.37. The van der Waals surface area contributed by atoms with E-state index in [1.54, 1.807) is 24.3 Å². The lowest BCUT2D eigenvalue weighted by molar-refractivity contribution is 0.0689. The number of nitrogens with zero attached hydrogens (tertiary/aromatic N) is 2. The van der Waals surface area contributed by atoms with E-state index in [-0.39, 0.29) is 11.9 Å². The summed E-state index contributed by atoms with van der Waals surface area (Å²) in [5, 5.41) is 12.7. The monoisotopic (exact) mass is 437 g/mol. The van der Waals surface area contributed by atoms with Crippen molar-refractivity contribution in [2.24, 2.45) is 0 Å². The molecule has 1 amide bonds. The summed E-state index contributed by atoms with van der Waals surface area (Å²) >= 11 is 5.95. The number of benzene rings is 2. The van der Waals surface area contributed by atoms with Gasteiger partial charge in [-0.3, -0.25) is 4.79 Å². The number of carbonyl (C=O) groups is 1. The van der Waals surface area contributed by atoms with Crippen molar-refractivity contribution in [3.05, 3.63) is 69.7 Å². The highest BCUT2D eigenvalue weighted by Gasteiger charge is 2.28. The first kappa shape index (κ1) is 23.3. The summed E-state index contributed by atoms with van der Waals surface area (Å²) in [6, 6.07) is 16.5. The molecule has 0 heterocycles. The smallest absolute Gasteiger partial charge is 0.253 e. The van der Waals surface area contributed by atoms with E-state index in [1.807, 2.05) is 19.0 Å². The molecule has 2 aromatic rings. The maximum absolute atomic E-state index is 12.8. The molecule has 0 aromatic heterocycles. The topological polar surface area (TPSA) is 56.1 Å². The van der Waals surface area contributed by atoms with Crippen LogP contribution < -0.4 is 5.32 Å². The summed E-state index contributed by atoms with van der Waals surface area (Å²) in [5.41, 5.74) is 4.80. The Morgan fingerprint density at radius 2 is 1.87 bits per heavy atom. The lowest BCUT2D eigenvalue weighted by Gasteiger charge is -2.35. The molecule has 2 aromatic carbocycles. The van der Waals surface area contributed by atoms with Crippen molar-refractivity contribution < 1.29 is 4.79 Å². The van der Waals surface area contributed by atoms with Gasteiger partial charge in [0.1, 0.15) is 0 Å². The molecule has 0 radical (unpaired) electrons. The molecule has 0 atom stereocenters. The number of rotatable bonds is 8. The predicted molar refractivity (Wildman–Crippen MR) is 126 cm³/mol. The van der Waals surface area contributed by atoms with Gasteiger partial charge in [-0.1, -0.05) is 29.8 Å². The van der Waals surface area contributed by atoms with Crippen LogP contribution in [-0.2, 0) is 13.0 Å². The number of amides is 1. The van der Waals surface area contributed by atoms with Gasteiger partial charge in [0.15, 0.2) is 0 Å². The maximum Gasteiger partial charge on any atom is 0.253 e. The summed E-state index contributed by atoms with van der Waals surface area (Å²) in [4.78, 5) is 14.8. The quantitative estimate of drug-likeness (QED) is 0.538. The van der Waals surface area contributed by atoms with Gasteiger partial charge in [0, 0.05) is 36.6 Å². The molecule has 5 heteroatoms. The van der Waals surface area contributed by atoms with Crippen LogP contribution in [0.5, 0.6) is 0 Å². The minimum atomic E-state index is 0.0673. The second-order valence-corrected chi connectivity index (χ2v) is 8.94. The third-order valence-corrected chi connectivity index (χ3v) is 6.68. The van der Waals surface area contributed by atoms with Crippen LogP contribution in [0.4, 0.5) is 0 Å². The van der Waals surface area contributed by atoms with Gasteiger partial charge in [-0.15, -0.1) is 0 Å². The second kappa shape index (κ2) is 11.3. The third-order valence-electron chi connectivity index (χ3n) is 6.42. The number of halogens is 1. The van der Waals surface area contributed by atoms with Crippen LogP contribution in [0.25, 0.3) is 0 Å². The lowest BCUT2D eigenvalue weighted by atomic mass is 9.79. The molecule has 0 spiro atoms. The van der Waals surface area contributed by atoms with Gasteiger partial charge in [0.2, 0.25) is 0 Å². The average Bonchev–Trinajstić information content (AvgIpc) is 2.79. The molecule has 31 heavy (non-hydrogen) atoms. The van der Waals surface area contributed by atoms with Crippen LogP contribution in [0.15, 0.2) is 42.5 Å². The summed E-state index contributed by atoms with van der Waals surface area (Å²) in [7, 11) is 3.91. The van der Waals surface area contributed by atoms with E-state index in [1.165, 1.54) is 16.7 Å². The molecule has 1 saturated carbocycles. The number of nitriles is 1. The molecule has 1 N–H and O–H groups in total. The van der Waals surface area contributed by atoms with Gasteiger partial charge in [-0.25, -0.2) is 0 Å². The van der Waals surface area contributed by atoms with E-state index in [0.29, 0.717) is 22.9 Å². The van der Waals surface area contributed by atoms with E-state index in [4.69, 9.17) is 16.9 Å². The highest BCUT2D eigenvalue weighted by molar-refractivity contribution is 6.30. The molecule has 1 aliphatic carbocycles. The van der Waals surface area contributed by atoms with Gasteiger partial charge in [-0.2, -0.15) is 5.26 Å². The Kier molecular flexibility index (Phi) is 8.51. The zero-order chi connectivity index (χ0) is 22.2. The highest BCUT2D eigenvalue weighted by atomic mass is 35.5. The lowest BCUT2D eigenvalue weighted by Crippen LogP contribution is -2.39.